The molecular formula is C32H26N4O. The molecule has 0 spiro atoms. The Bertz CT molecular complexity index is 1630. The van der Waals surface area contributed by atoms with Crippen LogP contribution in [0.4, 0.5) is 5.69 Å². The monoisotopic (exact) mass is 482 g/mol. The minimum Gasteiger partial charge on any atom is -0.321 e. The first-order valence-electron chi connectivity index (χ1n) is 12.2. The van der Waals surface area contributed by atoms with Gasteiger partial charge >= 0.3 is 0 Å². The van der Waals surface area contributed by atoms with Gasteiger partial charge in [0.2, 0.25) is 0 Å². The van der Waals surface area contributed by atoms with Gasteiger partial charge in [-0.15, -0.1) is 0 Å². The van der Waals surface area contributed by atoms with Crippen molar-refractivity contribution >= 4 is 28.4 Å². The van der Waals surface area contributed by atoms with E-state index in [1.165, 1.54) is 5.56 Å². The van der Waals surface area contributed by atoms with Gasteiger partial charge in [-0.05, 0) is 52.6 Å². The van der Waals surface area contributed by atoms with Crippen molar-refractivity contribution in [2.75, 3.05) is 5.32 Å². The lowest BCUT2D eigenvalue weighted by Gasteiger charge is -2.08. The molecule has 5 rings (SSSR count). The largest absolute Gasteiger partial charge is 0.321 e. The highest BCUT2D eigenvalue weighted by Gasteiger charge is 2.17. The third-order valence-electron chi connectivity index (χ3n) is 6.31. The summed E-state index contributed by atoms with van der Waals surface area (Å²) in [6.45, 7) is 4.24. The Balaban J connectivity index is 1.57. The average Bonchev–Trinajstić information content (AvgIpc) is 3.35. The molecule has 0 saturated carbocycles. The number of nitrogens with zero attached hydrogens (tertiary/aromatic N) is 3. The van der Waals surface area contributed by atoms with Crippen LogP contribution in [0.25, 0.3) is 33.8 Å². The Morgan fingerprint density at radius 2 is 1.62 bits per heavy atom. The number of carbonyl (C=O) groups is 1. The van der Waals surface area contributed by atoms with Crippen LogP contribution in [0.3, 0.4) is 0 Å². The van der Waals surface area contributed by atoms with E-state index >= 15 is 0 Å². The zero-order valence-corrected chi connectivity index (χ0v) is 20.7. The van der Waals surface area contributed by atoms with E-state index in [1.54, 1.807) is 10.8 Å². The maximum atomic E-state index is 13.1. The van der Waals surface area contributed by atoms with E-state index in [1.807, 2.05) is 85.1 Å². The second kappa shape index (κ2) is 10.3. The maximum Gasteiger partial charge on any atom is 0.266 e. The van der Waals surface area contributed by atoms with E-state index in [0.29, 0.717) is 22.9 Å². The Kier molecular flexibility index (Phi) is 6.65. The third kappa shape index (κ3) is 5.05. The van der Waals surface area contributed by atoms with Gasteiger partial charge in [-0.1, -0.05) is 86.6 Å². The number of hydrogen-bond acceptors (Lipinski definition) is 3. The van der Waals surface area contributed by atoms with Gasteiger partial charge in [0.15, 0.2) is 0 Å². The molecule has 0 atom stereocenters. The summed E-state index contributed by atoms with van der Waals surface area (Å²) in [5.41, 5.74) is 5.02. The molecule has 5 aromatic rings. The molecule has 0 aliphatic carbocycles. The smallest absolute Gasteiger partial charge is 0.266 e. The molecule has 0 aliphatic heterocycles. The lowest BCUT2D eigenvalue weighted by Crippen LogP contribution is -2.13. The first-order chi connectivity index (χ1) is 18.0. The van der Waals surface area contributed by atoms with Crippen molar-refractivity contribution in [1.29, 1.82) is 5.26 Å². The molecule has 0 saturated heterocycles. The van der Waals surface area contributed by atoms with Gasteiger partial charge in [-0.25, -0.2) is 4.68 Å². The number of anilines is 1. The van der Waals surface area contributed by atoms with Crippen molar-refractivity contribution in [2.45, 2.75) is 19.8 Å². The molecule has 1 aromatic heterocycles. The SMILES string of the molecule is CC(C)c1ccc(NC(=O)/C(C#N)=C/c2cn(-c3ccccc3)nc2-c2cccc3ccccc23)cc1. The van der Waals surface area contributed by atoms with Crippen molar-refractivity contribution in [3.05, 3.63) is 120 Å². The molecule has 0 aliphatic rings. The van der Waals surface area contributed by atoms with Crippen LogP contribution >= 0.6 is 0 Å². The van der Waals surface area contributed by atoms with Crippen LogP contribution < -0.4 is 5.32 Å². The molecule has 1 amide bonds. The number of amides is 1. The first kappa shape index (κ1) is 23.8. The van der Waals surface area contributed by atoms with Gasteiger partial charge in [0.05, 0.1) is 5.69 Å². The lowest BCUT2D eigenvalue weighted by atomic mass is 9.99. The maximum absolute atomic E-state index is 13.1. The summed E-state index contributed by atoms with van der Waals surface area (Å²) in [4.78, 5) is 13.1. The van der Waals surface area contributed by atoms with E-state index in [9.17, 15) is 10.1 Å². The van der Waals surface area contributed by atoms with Gasteiger partial charge in [0, 0.05) is 23.0 Å². The van der Waals surface area contributed by atoms with Crippen LogP contribution in [0.15, 0.2) is 109 Å². The van der Waals surface area contributed by atoms with Crippen molar-refractivity contribution in [3.8, 4) is 23.0 Å². The number of carbonyl (C=O) groups excluding carboxylic acids is 1. The quantitative estimate of drug-likeness (QED) is 0.203. The van der Waals surface area contributed by atoms with Crippen molar-refractivity contribution in [2.24, 2.45) is 0 Å². The van der Waals surface area contributed by atoms with Gasteiger partial charge in [0.1, 0.15) is 17.3 Å². The van der Waals surface area contributed by atoms with Gasteiger partial charge < -0.3 is 5.32 Å². The van der Waals surface area contributed by atoms with Crippen LogP contribution in [-0.4, -0.2) is 15.7 Å². The molecule has 1 N–H and O–H groups in total. The predicted molar refractivity (Wildman–Crippen MR) is 149 cm³/mol. The van der Waals surface area contributed by atoms with Gasteiger partial charge in [-0.2, -0.15) is 10.4 Å². The molecule has 0 unspecified atom stereocenters. The summed E-state index contributed by atoms with van der Waals surface area (Å²) in [6, 6.07) is 33.7. The minimum atomic E-state index is -0.462. The summed E-state index contributed by atoms with van der Waals surface area (Å²) in [5.74, 6) is -0.0657. The number of nitriles is 1. The lowest BCUT2D eigenvalue weighted by molar-refractivity contribution is -0.112. The van der Waals surface area contributed by atoms with Crippen LogP contribution in [0.5, 0.6) is 0 Å². The van der Waals surface area contributed by atoms with E-state index < -0.39 is 5.91 Å². The molecule has 0 fully saturated rings. The van der Waals surface area contributed by atoms with Crippen molar-refractivity contribution < 1.29 is 4.79 Å². The Morgan fingerprint density at radius 3 is 2.35 bits per heavy atom. The number of benzene rings is 4. The molecule has 5 heteroatoms. The Labute approximate surface area is 216 Å². The fourth-order valence-electron chi connectivity index (χ4n) is 4.30. The Morgan fingerprint density at radius 1 is 0.919 bits per heavy atom. The molecule has 0 radical (unpaired) electrons. The first-order valence-corrected chi connectivity index (χ1v) is 12.2. The molecule has 4 aromatic carbocycles. The van der Waals surface area contributed by atoms with Crippen molar-refractivity contribution in [1.82, 2.24) is 9.78 Å². The summed E-state index contributed by atoms with van der Waals surface area (Å²) in [7, 11) is 0. The van der Waals surface area contributed by atoms with Gasteiger partial charge in [-0.3, -0.25) is 4.79 Å². The highest BCUT2D eigenvalue weighted by atomic mass is 16.1. The summed E-state index contributed by atoms with van der Waals surface area (Å²) in [6.07, 6.45) is 3.47. The normalized spacial score (nSPS) is 11.5. The number of para-hydroxylation sites is 1. The fraction of sp³-hybridized carbons (Fsp3) is 0.0938. The number of fused-ring (bicyclic) bond motifs is 1. The second-order valence-electron chi connectivity index (χ2n) is 9.14. The van der Waals surface area contributed by atoms with E-state index in [-0.39, 0.29) is 5.57 Å². The highest BCUT2D eigenvalue weighted by molar-refractivity contribution is 6.10. The Hall–Kier alpha value is -4.95. The third-order valence-corrected chi connectivity index (χ3v) is 6.31. The fourth-order valence-corrected chi connectivity index (χ4v) is 4.30. The minimum absolute atomic E-state index is 0.00188. The predicted octanol–water partition coefficient (Wildman–Crippen LogP) is 7.36. The van der Waals surface area contributed by atoms with E-state index in [0.717, 1.165) is 22.0 Å². The summed E-state index contributed by atoms with van der Waals surface area (Å²) >= 11 is 0. The second-order valence-corrected chi connectivity index (χ2v) is 9.14. The number of nitrogens with one attached hydrogen (secondary N) is 1. The molecule has 1 heterocycles. The average molecular weight is 483 g/mol. The van der Waals surface area contributed by atoms with E-state index in [2.05, 4.69) is 43.4 Å². The molecule has 0 bridgehead atoms. The van der Waals surface area contributed by atoms with Crippen LogP contribution in [0.2, 0.25) is 0 Å². The van der Waals surface area contributed by atoms with Crippen LogP contribution in [-0.2, 0) is 4.79 Å². The van der Waals surface area contributed by atoms with E-state index in [4.69, 9.17) is 5.10 Å². The van der Waals surface area contributed by atoms with Crippen molar-refractivity contribution in [3.63, 3.8) is 0 Å². The molecule has 37 heavy (non-hydrogen) atoms. The van der Waals surface area contributed by atoms with Crippen LogP contribution in [0, 0.1) is 11.3 Å². The molecule has 5 nitrogen and oxygen atoms in total. The number of aromatic nitrogens is 2. The summed E-state index contributed by atoms with van der Waals surface area (Å²) in [5, 5.41) is 19.8. The molecular weight excluding hydrogens is 456 g/mol. The summed E-state index contributed by atoms with van der Waals surface area (Å²) < 4.78 is 1.78. The zero-order valence-electron chi connectivity index (χ0n) is 20.7. The number of hydrogen-bond donors (Lipinski definition) is 1. The zero-order chi connectivity index (χ0) is 25.8. The van der Waals surface area contributed by atoms with Gasteiger partial charge in [0.25, 0.3) is 5.91 Å². The highest BCUT2D eigenvalue weighted by Crippen LogP contribution is 2.32. The number of rotatable bonds is 6. The standard InChI is InChI=1S/C32H26N4O/c1-22(2)23-15-17-27(18-16-23)34-32(37)25(20-33)19-26-21-36(28-11-4-3-5-12-28)35-31(26)30-14-8-10-24-9-6-7-13-29(24)30/h3-19,21-22H,1-2H3,(H,34,37)/b25-19+. The topological polar surface area (TPSA) is 70.7 Å². The van der Waals surface area contributed by atoms with Crippen LogP contribution in [0.1, 0.15) is 30.9 Å². The molecule has 180 valence electrons.